The highest BCUT2D eigenvalue weighted by atomic mass is 35.5. The lowest BCUT2D eigenvalue weighted by Crippen LogP contribution is -2.54. The number of carbonyl (C=O) groups is 1. The molecule has 0 radical (unpaired) electrons. The lowest BCUT2D eigenvalue weighted by Gasteiger charge is -2.47. The standard InChI is InChI=1S/C33H29ClN4OS/c1-22(39)31-36-38(27-14-10-11-25(34)21-27)33(40-31)29-16-9-8-15-28(29)30(35-37(33)26-12-6-5-7-13-26)23-17-19-24(20-18-23)32(2,3)4/h5-21H,1-4H3/t33-/m1/s1. The molecule has 0 aliphatic carbocycles. The van der Waals surface area contributed by atoms with Gasteiger partial charge in [0.25, 0.3) is 0 Å². The molecule has 0 N–H and O–H groups in total. The van der Waals surface area contributed by atoms with E-state index in [1.807, 2.05) is 76.7 Å². The predicted molar refractivity (Wildman–Crippen MR) is 167 cm³/mol. The first-order chi connectivity index (χ1) is 19.2. The smallest absolute Gasteiger partial charge is 0.234 e. The molecule has 0 saturated carbocycles. The van der Waals surface area contributed by atoms with E-state index in [2.05, 4.69) is 57.2 Å². The van der Waals surface area contributed by atoms with E-state index in [-0.39, 0.29) is 11.2 Å². The molecule has 2 aliphatic heterocycles. The summed E-state index contributed by atoms with van der Waals surface area (Å²) in [7, 11) is 0. The summed E-state index contributed by atoms with van der Waals surface area (Å²) >= 11 is 7.86. The molecule has 0 fully saturated rings. The van der Waals surface area contributed by atoms with Crippen molar-refractivity contribution < 1.29 is 4.79 Å². The molecule has 6 rings (SSSR count). The van der Waals surface area contributed by atoms with Crippen molar-refractivity contribution in [3.8, 4) is 0 Å². The Morgan fingerprint density at radius 1 is 0.800 bits per heavy atom. The third-order valence-electron chi connectivity index (χ3n) is 7.12. The first-order valence-corrected chi connectivity index (χ1v) is 14.4. The van der Waals surface area contributed by atoms with Gasteiger partial charge in [0.05, 0.1) is 17.1 Å². The topological polar surface area (TPSA) is 48.3 Å². The molecular formula is C33H29ClN4OS. The first kappa shape index (κ1) is 26.4. The SMILES string of the molecule is CC(=O)C1=NN(c2cccc(Cl)c2)[C@@]2(S1)c1ccccc1C(c1ccc(C(C)(C)C)cc1)=NN2c1ccccc1. The van der Waals surface area contributed by atoms with Crippen molar-refractivity contribution in [3.63, 3.8) is 0 Å². The van der Waals surface area contributed by atoms with Crippen LogP contribution in [0.15, 0.2) is 113 Å². The fraction of sp³-hybridized carbons (Fsp3) is 0.182. The molecule has 2 heterocycles. The number of hydrogen-bond acceptors (Lipinski definition) is 6. The van der Waals surface area contributed by atoms with Crippen LogP contribution in [-0.2, 0) is 15.2 Å². The molecule has 0 aromatic heterocycles. The van der Waals surface area contributed by atoms with Crippen LogP contribution in [0.3, 0.4) is 0 Å². The Morgan fingerprint density at radius 2 is 1.45 bits per heavy atom. The van der Waals surface area contributed by atoms with E-state index >= 15 is 0 Å². The van der Waals surface area contributed by atoms with Gasteiger partial charge in [-0.15, -0.1) is 0 Å². The summed E-state index contributed by atoms with van der Waals surface area (Å²) in [6.45, 7) is 8.19. The van der Waals surface area contributed by atoms with Crippen LogP contribution < -0.4 is 10.0 Å². The molecule has 4 aromatic rings. The summed E-state index contributed by atoms with van der Waals surface area (Å²) in [5, 5.41) is 15.1. The molecule has 5 nitrogen and oxygen atoms in total. The number of halogens is 1. The molecule has 200 valence electrons. The second kappa shape index (κ2) is 9.95. The van der Waals surface area contributed by atoms with Crippen LogP contribution in [0.1, 0.15) is 49.9 Å². The first-order valence-electron chi connectivity index (χ1n) is 13.2. The van der Waals surface area contributed by atoms with Gasteiger partial charge in [0.1, 0.15) is 0 Å². The number of Topliss-reactive ketones (excluding diaryl/α,β-unsaturated/α-hetero) is 1. The highest BCUT2D eigenvalue weighted by Crippen LogP contribution is 2.55. The normalized spacial score (nSPS) is 18.4. The number of nitrogens with zero attached hydrogens (tertiary/aromatic N) is 4. The van der Waals surface area contributed by atoms with Crippen LogP contribution in [0.2, 0.25) is 5.02 Å². The average Bonchev–Trinajstić information content (AvgIpc) is 3.35. The van der Waals surface area contributed by atoms with Gasteiger partial charge in [-0.05, 0) is 53.1 Å². The Bertz CT molecular complexity index is 1660. The largest absolute Gasteiger partial charge is 0.292 e. The van der Waals surface area contributed by atoms with Crippen molar-refractivity contribution in [2.75, 3.05) is 10.0 Å². The fourth-order valence-electron chi connectivity index (χ4n) is 5.09. The van der Waals surface area contributed by atoms with E-state index < -0.39 is 4.99 Å². The molecule has 0 amide bonds. The lowest BCUT2D eigenvalue weighted by atomic mass is 9.85. The van der Waals surface area contributed by atoms with Crippen LogP contribution >= 0.6 is 23.4 Å². The molecule has 0 saturated heterocycles. The zero-order valence-corrected chi connectivity index (χ0v) is 24.4. The third kappa shape index (κ3) is 4.41. The number of benzene rings is 4. The Hall–Kier alpha value is -3.87. The monoisotopic (exact) mass is 564 g/mol. The minimum absolute atomic E-state index is 0.0450. The maximum atomic E-state index is 12.8. The quantitative estimate of drug-likeness (QED) is 0.251. The second-order valence-electron chi connectivity index (χ2n) is 10.9. The Morgan fingerprint density at radius 3 is 2.12 bits per heavy atom. The van der Waals surface area contributed by atoms with Crippen molar-refractivity contribution in [2.45, 2.75) is 38.1 Å². The van der Waals surface area contributed by atoms with Crippen LogP contribution in [0.5, 0.6) is 0 Å². The fourth-order valence-corrected chi connectivity index (χ4v) is 6.57. The van der Waals surface area contributed by atoms with Crippen molar-refractivity contribution in [3.05, 3.63) is 130 Å². The third-order valence-corrected chi connectivity index (χ3v) is 8.76. The van der Waals surface area contributed by atoms with Crippen molar-refractivity contribution in [1.82, 2.24) is 0 Å². The van der Waals surface area contributed by atoms with Crippen molar-refractivity contribution >= 4 is 51.3 Å². The van der Waals surface area contributed by atoms with E-state index in [0.717, 1.165) is 33.8 Å². The van der Waals surface area contributed by atoms with Crippen LogP contribution in [0, 0.1) is 0 Å². The number of rotatable bonds is 4. The summed E-state index contributed by atoms with van der Waals surface area (Å²) in [5.41, 5.74) is 6.78. The Kier molecular flexibility index (Phi) is 6.56. The molecule has 7 heteroatoms. The van der Waals surface area contributed by atoms with Gasteiger partial charge in [0.2, 0.25) is 4.99 Å². The van der Waals surface area contributed by atoms with Gasteiger partial charge in [0.15, 0.2) is 10.8 Å². The lowest BCUT2D eigenvalue weighted by molar-refractivity contribution is -0.110. The molecule has 1 spiro atoms. The highest BCUT2D eigenvalue weighted by molar-refractivity contribution is 8.17. The maximum absolute atomic E-state index is 12.8. The average molecular weight is 565 g/mol. The molecule has 0 unspecified atom stereocenters. The molecular weight excluding hydrogens is 536 g/mol. The summed E-state index contributed by atoms with van der Waals surface area (Å²) in [6.07, 6.45) is 0. The van der Waals surface area contributed by atoms with Gasteiger partial charge in [-0.1, -0.05) is 105 Å². The zero-order chi connectivity index (χ0) is 28.1. The van der Waals surface area contributed by atoms with E-state index in [0.29, 0.717) is 10.1 Å². The number of fused-ring (bicyclic) bond motifs is 2. The second-order valence-corrected chi connectivity index (χ2v) is 12.5. The van der Waals surface area contributed by atoms with Gasteiger partial charge in [-0.3, -0.25) is 4.79 Å². The Balaban J connectivity index is 1.62. The number of carbonyl (C=O) groups excluding carboxylic acids is 1. The minimum atomic E-state index is -1.00. The zero-order valence-electron chi connectivity index (χ0n) is 22.8. The van der Waals surface area contributed by atoms with Crippen LogP contribution in [-0.4, -0.2) is 16.5 Å². The van der Waals surface area contributed by atoms with Gasteiger partial charge in [0, 0.05) is 28.6 Å². The maximum Gasteiger partial charge on any atom is 0.234 e. The van der Waals surface area contributed by atoms with E-state index in [9.17, 15) is 4.79 Å². The van der Waals surface area contributed by atoms with Crippen molar-refractivity contribution in [2.24, 2.45) is 10.2 Å². The van der Waals surface area contributed by atoms with E-state index in [1.54, 1.807) is 6.92 Å². The van der Waals surface area contributed by atoms with Crippen LogP contribution in [0.25, 0.3) is 0 Å². The van der Waals surface area contributed by atoms with Gasteiger partial charge < -0.3 is 0 Å². The number of anilines is 2. The number of para-hydroxylation sites is 1. The van der Waals surface area contributed by atoms with Gasteiger partial charge in [-0.25, -0.2) is 10.0 Å². The summed E-state index contributed by atoms with van der Waals surface area (Å²) < 4.78 is 0. The number of ketones is 1. The highest BCUT2D eigenvalue weighted by Gasteiger charge is 2.55. The predicted octanol–water partition coefficient (Wildman–Crippen LogP) is 8.18. The van der Waals surface area contributed by atoms with Gasteiger partial charge >= 0.3 is 0 Å². The Labute approximate surface area is 244 Å². The number of thioether (sulfide) groups is 1. The molecule has 2 aliphatic rings. The molecule has 4 aromatic carbocycles. The van der Waals surface area contributed by atoms with E-state index in [4.69, 9.17) is 21.8 Å². The summed E-state index contributed by atoms with van der Waals surface area (Å²) in [6, 6.07) is 34.5. The minimum Gasteiger partial charge on any atom is -0.292 e. The summed E-state index contributed by atoms with van der Waals surface area (Å²) in [4.78, 5) is 11.8. The molecule has 1 atom stereocenters. The van der Waals surface area contributed by atoms with E-state index in [1.165, 1.54) is 17.3 Å². The van der Waals surface area contributed by atoms with Crippen LogP contribution in [0.4, 0.5) is 11.4 Å². The van der Waals surface area contributed by atoms with Gasteiger partial charge in [-0.2, -0.15) is 10.2 Å². The molecule has 40 heavy (non-hydrogen) atoms. The molecule has 0 bridgehead atoms. The van der Waals surface area contributed by atoms with Crippen molar-refractivity contribution in [1.29, 1.82) is 0 Å². The summed E-state index contributed by atoms with van der Waals surface area (Å²) in [5.74, 6) is -0.105. The number of hydrazone groups is 2. The number of hydrogen-bond donors (Lipinski definition) is 0.